The molecule has 0 amide bonds. The lowest BCUT2D eigenvalue weighted by atomic mass is 10.3. The summed E-state index contributed by atoms with van der Waals surface area (Å²) < 4.78 is 1.75. The van der Waals surface area contributed by atoms with Gasteiger partial charge < -0.3 is 10.4 Å². The van der Waals surface area contributed by atoms with Crippen LogP contribution in [-0.4, -0.2) is 20.9 Å². The molecule has 0 aliphatic carbocycles. The number of carbonyl (C=O) groups is 1. The van der Waals surface area contributed by atoms with Crippen LogP contribution in [0.25, 0.3) is 0 Å². The van der Waals surface area contributed by atoms with Crippen molar-refractivity contribution < 1.29 is 9.90 Å². The molecule has 2 rings (SSSR count). The number of rotatable bonds is 5. The number of hydrogen-bond acceptors (Lipinski definition) is 4. The standard InChI is InChI=1S/C11H13N3O2S/c1-14-6-8(4-13-14)3-12-5-10-2-9(7-17-10)11(15)16/h2,4,6-7,12H,3,5H2,1H3,(H,15,16). The SMILES string of the molecule is Cn1cc(CNCc2cc(C(=O)O)cs2)cn1. The van der Waals surface area contributed by atoms with Crippen LogP contribution in [0, 0.1) is 0 Å². The van der Waals surface area contributed by atoms with Crippen molar-refractivity contribution in [3.05, 3.63) is 39.8 Å². The van der Waals surface area contributed by atoms with Gasteiger partial charge in [-0.3, -0.25) is 4.68 Å². The number of aromatic nitrogens is 2. The Labute approximate surface area is 103 Å². The minimum Gasteiger partial charge on any atom is -0.478 e. The van der Waals surface area contributed by atoms with E-state index in [1.54, 1.807) is 16.1 Å². The summed E-state index contributed by atoms with van der Waals surface area (Å²) in [4.78, 5) is 11.7. The van der Waals surface area contributed by atoms with Crippen molar-refractivity contribution in [1.82, 2.24) is 15.1 Å². The van der Waals surface area contributed by atoms with E-state index in [1.807, 2.05) is 19.4 Å². The zero-order valence-electron chi connectivity index (χ0n) is 9.38. The summed E-state index contributed by atoms with van der Waals surface area (Å²) in [6.45, 7) is 1.40. The van der Waals surface area contributed by atoms with Crippen LogP contribution in [0.3, 0.4) is 0 Å². The fraction of sp³-hybridized carbons (Fsp3) is 0.273. The van der Waals surface area contributed by atoms with Crippen LogP contribution in [-0.2, 0) is 20.1 Å². The maximum atomic E-state index is 10.7. The summed E-state index contributed by atoms with van der Waals surface area (Å²) in [6.07, 6.45) is 3.76. The van der Waals surface area contributed by atoms with E-state index in [0.29, 0.717) is 12.1 Å². The number of nitrogens with one attached hydrogen (secondary N) is 1. The van der Waals surface area contributed by atoms with Crippen molar-refractivity contribution >= 4 is 17.3 Å². The Hall–Kier alpha value is -1.66. The average molecular weight is 251 g/mol. The number of aryl methyl sites for hydroxylation is 1. The maximum absolute atomic E-state index is 10.7. The van der Waals surface area contributed by atoms with E-state index in [9.17, 15) is 4.79 Å². The molecule has 0 unspecified atom stereocenters. The van der Waals surface area contributed by atoms with Gasteiger partial charge in [-0.05, 0) is 6.07 Å². The number of thiophene rings is 1. The second-order valence-electron chi connectivity index (χ2n) is 3.73. The lowest BCUT2D eigenvalue weighted by molar-refractivity contribution is 0.0697. The van der Waals surface area contributed by atoms with E-state index in [4.69, 9.17) is 5.11 Å². The molecule has 90 valence electrons. The lowest BCUT2D eigenvalue weighted by Gasteiger charge is -1.99. The van der Waals surface area contributed by atoms with Gasteiger partial charge >= 0.3 is 5.97 Å². The highest BCUT2D eigenvalue weighted by Gasteiger charge is 2.06. The molecule has 6 heteroatoms. The molecular weight excluding hydrogens is 238 g/mol. The fourth-order valence-corrected chi connectivity index (χ4v) is 2.31. The Morgan fingerprint density at radius 1 is 1.59 bits per heavy atom. The molecule has 0 fully saturated rings. The van der Waals surface area contributed by atoms with Gasteiger partial charge in [0.05, 0.1) is 11.8 Å². The molecule has 0 aromatic carbocycles. The molecule has 0 saturated carbocycles. The summed E-state index contributed by atoms with van der Waals surface area (Å²) >= 11 is 1.45. The Balaban J connectivity index is 1.83. The van der Waals surface area contributed by atoms with Crippen LogP contribution in [0.2, 0.25) is 0 Å². The molecule has 0 saturated heterocycles. The Morgan fingerprint density at radius 2 is 2.41 bits per heavy atom. The summed E-state index contributed by atoms with van der Waals surface area (Å²) in [5.41, 5.74) is 1.47. The minimum absolute atomic E-state index is 0.355. The fourth-order valence-electron chi connectivity index (χ4n) is 1.48. The van der Waals surface area contributed by atoms with Gasteiger partial charge in [-0.25, -0.2) is 4.79 Å². The molecule has 2 aromatic heterocycles. The molecule has 2 N–H and O–H groups in total. The Kier molecular flexibility index (Phi) is 3.55. The predicted molar refractivity (Wildman–Crippen MR) is 65.0 cm³/mol. The smallest absolute Gasteiger partial charge is 0.336 e. The summed E-state index contributed by atoms with van der Waals surface area (Å²) in [5, 5.41) is 17.8. The van der Waals surface area contributed by atoms with E-state index in [1.165, 1.54) is 11.3 Å². The first-order valence-corrected chi connectivity index (χ1v) is 6.02. The molecule has 2 aromatic rings. The first-order valence-electron chi connectivity index (χ1n) is 5.14. The zero-order valence-corrected chi connectivity index (χ0v) is 10.2. The highest BCUT2D eigenvalue weighted by molar-refractivity contribution is 7.10. The molecule has 17 heavy (non-hydrogen) atoms. The van der Waals surface area contributed by atoms with Crippen LogP contribution in [0.1, 0.15) is 20.8 Å². The molecule has 0 aliphatic heterocycles. The molecule has 0 spiro atoms. The molecule has 2 heterocycles. The highest BCUT2D eigenvalue weighted by atomic mass is 32.1. The van der Waals surface area contributed by atoms with E-state index in [0.717, 1.165) is 17.0 Å². The molecule has 0 bridgehead atoms. The highest BCUT2D eigenvalue weighted by Crippen LogP contribution is 2.14. The Bertz CT molecular complexity index is 518. The zero-order chi connectivity index (χ0) is 12.3. The largest absolute Gasteiger partial charge is 0.478 e. The lowest BCUT2D eigenvalue weighted by Crippen LogP contribution is -2.11. The van der Waals surface area contributed by atoms with Gasteiger partial charge in [0.2, 0.25) is 0 Å². The van der Waals surface area contributed by atoms with Crippen LogP contribution < -0.4 is 5.32 Å². The number of carboxylic acid groups (broad SMARTS) is 1. The summed E-state index contributed by atoms with van der Waals surface area (Å²) in [6, 6.07) is 1.70. The second kappa shape index (κ2) is 5.11. The van der Waals surface area contributed by atoms with Gasteiger partial charge in [0.15, 0.2) is 0 Å². The van der Waals surface area contributed by atoms with Crippen LogP contribution in [0.4, 0.5) is 0 Å². The number of hydrogen-bond donors (Lipinski definition) is 2. The van der Waals surface area contributed by atoms with Gasteiger partial charge in [-0.2, -0.15) is 5.10 Å². The monoisotopic (exact) mass is 251 g/mol. The first-order chi connectivity index (χ1) is 8.15. The van der Waals surface area contributed by atoms with E-state index < -0.39 is 5.97 Å². The normalized spacial score (nSPS) is 10.6. The number of aromatic carboxylic acids is 1. The van der Waals surface area contributed by atoms with Crippen molar-refractivity contribution in [2.75, 3.05) is 0 Å². The van der Waals surface area contributed by atoms with Crippen molar-refractivity contribution in [1.29, 1.82) is 0 Å². The minimum atomic E-state index is -0.875. The molecular formula is C11H13N3O2S. The van der Waals surface area contributed by atoms with Crippen molar-refractivity contribution in [2.45, 2.75) is 13.1 Å². The predicted octanol–water partition coefficient (Wildman–Crippen LogP) is 1.47. The van der Waals surface area contributed by atoms with Gasteiger partial charge in [-0.15, -0.1) is 11.3 Å². The molecule has 0 atom stereocenters. The van der Waals surface area contributed by atoms with Gasteiger partial charge in [0, 0.05) is 42.2 Å². The van der Waals surface area contributed by atoms with E-state index in [-0.39, 0.29) is 0 Å². The third kappa shape index (κ3) is 3.15. The first kappa shape index (κ1) is 11.8. The van der Waals surface area contributed by atoms with Crippen molar-refractivity contribution in [3.8, 4) is 0 Å². The van der Waals surface area contributed by atoms with Crippen LogP contribution in [0.5, 0.6) is 0 Å². The Morgan fingerprint density at radius 3 is 3.00 bits per heavy atom. The van der Waals surface area contributed by atoms with Crippen LogP contribution >= 0.6 is 11.3 Å². The van der Waals surface area contributed by atoms with E-state index in [2.05, 4.69) is 10.4 Å². The van der Waals surface area contributed by atoms with E-state index >= 15 is 0 Å². The molecule has 5 nitrogen and oxygen atoms in total. The third-order valence-electron chi connectivity index (χ3n) is 2.29. The van der Waals surface area contributed by atoms with Gasteiger partial charge in [0.1, 0.15) is 0 Å². The van der Waals surface area contributed by atoms with Gasteiger partial charge in [0.25, 0.3) is 0 Å². The summed E-state index contributed by atoms with van der Waals surface area (Å²) in [5.74, 6) is -0.875. The second-order valence-corrected chi connectivity index (χ2v) is 4.73. The van der Waals surface area contributed by atoms with Crippen molar-refractivity contribution in [3.63, 3.8) is 0 Å². The van der Waals surface area contributed by atoms with Crippen LogP contribution in [0.15, 0.2) is 23.8 Å². The summed E-state index contributed by atoms with van der Waals surface area (Å²) in [7, 11) is 1.88. The topological polar surface area (TPSA) is 67.2 Å². The number of carboxylic acids is 1. The quantitative estimate of drug-likeness (QED) is 0.844. The van der Waals surface area contributed by atoms with Crippen molar-refractivity contribution in [2.24, 2.45) is 7.05 Å². The third-order valence-corrected chi connectivity index (χ3v) is 3.22. The number of nitrogens with zero attached hydrogens (tertiary/aromatic N) is 2. The molecule has 0 aliphatic rings. The maximum Gasteiger partial charge on any atom is 0.336 e. The average Bonchev–Trinajstić information content (AvgIpc) is 2.88. The molecule has 0 radical (unpaired) electrons. The van der Waals surface area contributed by atoms with Gasteiger partial charge in [-0.1, -0.05) is 0 Å².